The SMILES string of the molecule is Cc1noc(CCNCc2ccc(Cl)cc2Br)n1. The quantitative estimate of drug-likeness (QED) is 0.856. The maximum Gasteiger partial charge on any atom is 0.227 e. The van der Waals surface area contributed by atoms with Crippen LogP contribution in [0.5, 0.6) is 0 Å². The molecular weight excluding hydrogens is 318 g/mol. The maximum absolute atomic E-state index is 5.88. The maximum atomic E-state index is 5.88. The Labute approximate surface area is 119 Å². The standard InChI is InChI=1S/C12H13BrClN3O/c1-8-16-12(18-17-8)4-5-15-7-9-2-3-10(14)6-11(9)13/h2-3,6,15H,4-5,7H2,1H3. The number of hydrogen-bond acceptors (Lipinski definition) is 4. The molecule has 0 bridgehead atoms. The van der Waals surface area contributed by atoms with E-state index < -0.39 is 0 Å². The van der Waals surface area contributed by atoms with Crippen molar-refractivity contribution >= 4 is 27.5 Å². The highest BCUT2D eigenvalue weighted by molar-refractivity contribution is 9.10. The first-order valence-corrected chi connectivity index (χ1v) is 6.76. The van der Waals surface area contributed by atoms with Crippen LogP contribution in [0.15, 0.2) is 27.2 Å². The van der Waals surface area contributed by atoms with Gasteiger partial charge in [-0.3, -0.25) is 0 Å². The van der Waals surface area contributed by atoms with Crippen molar-refractivity contribution in [3.05, 3.63) is 45.0 Å². The van der Waals surface area contributed by atoms with Gasteiger partial charge in [0.2, 0.25) is 5.89 Å². The zero-order chi connectivity index (χ0) is 13.0. The van der Waals surface area contributed by atoms with Gasteiger partial charge in [0.15, 0.2) is 5.82 Å². The molecule has 2 rings (SSSR count). The smallest absolute Gasteiger partial charge is 0.227 e. The van der Waals surface area contributed by atoms with Gasteiger partial charge in [-0.1, -0.05) is 38.8 Å². The molecular formula is C12H13BrClN3O. The molecule has 1 N–H and O–H groups in total. The monoisotopic (exact) mass is 329 g/mol. The fraction of sp³-hybridized carbons (Fsp3) is 0.333. The lowest BCUT2D eigenvalue weighted by Crippen LogP contribution is -2.17. The summed E-state index contributed by atoms with van der Waals surface area (Å²) in [6, 6.07) is 5.76. The second-order valence-electron chi connectivity index (χ2n) is 3.90. The third kappa shape index (κ3) is 3.80. The van der Waals surface area contributed by atoms with Gasteiger partial charge in [-0.05, 0) is 24.6 Å². The fourth-order valence-corrected chi connectivity index (χ4v) is 2.35. The van der Waals surface area contributed by atoms with Gasteiger partial charge in [-0.2, -0.15) is 4.98 Å². The minimum atomic E-state index is 0.662. The highest BCUT2D eigenvalue weighted by Gasteiger charge is 2.03. The Morgan fingerprint density at radius 1 is 1.44 bits per heavy atom. The lowest BCUT2D eigenvalue weighted by molar-refractivity contribution is 0.372. The van der Waals surface area contributed by atoms with Crippen molar-refractivity contribution in [3.63, 3.8) is 0 Å². The zero-order valence-electron chi connectivity index (χ0n) is 9.91. The summed E-state index contributed by atoms with van der Waals surface area (Å²) in [5.41, 5.74) is 1.17. The molecule has 0 aliphatic heterocycles. The molecule has 0 saturated heterocycles. The number of aromatic nitrogens is 2. The summed E-state index contributed by atoms with van der Waals surface area (Å²) >= 11 is 9.36. The number of nitrogens with one attached hydrogen (secondary N) is 1. The predicted octanol–water partition coefficient (Wildman–Crippen LogP) is 3.13. The first-order chi connectivity index (χ1) is 8.65. The van der Waals surface area contributed by atoms with E-state index in [1.54, 1.807) is 0 Å². The van der Waals surface area contributed by atoms with Crippen molar-refractivity contribution in [2.75, 3.05) is 6.54 Å². The van der Waals surface area contributed by atoms with Crippen molar-refractivity contribution in [1.82, 2.24) is 15.5 Å². The first kappa shape index (κ1) is 13.5. The van der Waals surface area contributed by atoms with Crippen LogP contribution in [0, 0.1) is 6.92 Å². The van der Waals surface area contributed by atoms with E-state index in [9.17, 15) is 0 Å². The number of benzene rings is 1. The summed E-state index contributed by atoms with van der Waals surface area (Å²) in [5, 5.41) is 7.79. The van der Waals surface area contributed by atoms with Crippen LogP contribution < -0.4 is 5.32 Å². The number of rotatable bonds is 5. The highest BCUT2D eigenvalue weighted by atomic mass is 79.9. The van der Waals surface area contributed by atoms with Crippen LogP contribution in [0.1, 0.15) is 17.3 Å². The molecule has 0 amide bonds. The second kappa shape index (κ2) is 6.31. The van der Waals surface area contributed by atoms with E-state index in [1.807, 2.05) is 25.1 Å². The average molecular weight is 331 g/mol. The van der Waals surface area contributed by atoms with E-state index in [4.69, 9.17) is 16.1 Å². The van der Waals surface area contributed by atoms with E-state index in [1.165, 1.54) is 5.56 Å². The Morgan fingerprint density at radius 3 is 2.94 bits per heavy atom. The molecule has 2 aromatic rings. The zero-order valence-corrected chi connectivity index (χ0v) is 12.3. The van der Waals surface area contributed by atoms with Crippen LogP contribution in [-0.4, -0.2) is 16.7 Å². The van der Waals surface area contributed by atoms with Gasteiger partial charge in [0, 0.05) is 29.0 Å². The Balaban J connectivity index is 1.78. The molecule has 0 radical (unpaired) electrons. The second-order valence-corrected chi connectivity index (χ2v) is 5.19. The molecule has 1 heterocycles. The summed E-state index contributed by atoms with van der Waals surface area (Å²) in [4.78, 5) is 4.14. The lowest BCUT2D eigenvalue weighted by Gasteiger charge is -2.06. The Hall–Kier alpha value is -0.910. The summed E-state index contributed by atoms with van der Waals surface area (Å²) in [6.45, 7) is 3.37. The third-order valence-corrected chi connectivity index (χ3v) is 3.39. The van der Waals surface area contributed by atoms with Gasteiger partial charge in [-0.15, -0.1) is 0 Å². The number of nitrogens with zero attached hydrogens (tertiary/aromatic N) is 2. The van der Waals surface area contributed by atoms with E-state index in [2.05, 4.69) is 31.4 Å². The summed E-state index contributed by atoms with van der Waals surface area (Å²) in [7, 11) is 0. The molecule has 6 heteroatoms. The molecule has 96 valence electrons. The molecule has 0 aliphatic rings. The number of halogens is 2. The minimum absolute atomic E-state index is 0.662. The van der Waals surface area contributed by atoms with E-state index in [0.29, 0.717) is 11.7 Å². The Bertz CT molecular complexity index is 530. The van der Waals surface area contributed by atoms with Crippen molar-refractivity contribution in [1.29, 1.82) is 0 Å². The molecule has 0 spiro atoms. The molecule has 18 heavy (non-hydrogen) atoms. The molecule has 0 aliphatic carbocycles. The average Bonchev–Trinajstić information content (AvgIpc) is 2.73. The Kier molecular flexibility index (Phi) is 4.74. The minimum Gasteiger partial charge on any atom is -0.339 e. The molecule has 0 atom stereocenters. The Morgan fingerprint density at radius 2 is 2.28 bits per heavy atom. The van der Waals surface area contributed by atoms with Gasteiger partial charge in [0.25, 0.3) is 0 Å². The highest BCUT2D eigenvalue weighted by Crippen LogP contribution is 2.21. The molecule has 1 aromatic heterocycles. The van der Waals surface area contributed by atoms with Crippen LogP contribution in [-0.2, 0) is 13.0 Å². The summed E-state index contributed by atoms with van der Waals surface area (Å²) in [6.07, 6.45) is 0.728. The largest absolute Gasteiger partial charge is 0.339 e. The van der Waals surface area contributed by atoms with E-state index in [-0.39, 0.29) is 0 Å². The van der Waals surface area contributed by atoms with Gasteiger partial charge < -0.3 is 9.84 Å². The van der Waals surface area contributed by atoms with Crippen molar-refractivity contribution < 1.29 is 4.52 Å². The molecule has 0 fully saturated rings. The normalized spacial score (nSPS) is 10.8. The predicted molar refractivity (Wildman–Crippen MR) is 73.6 cm³/mol. The van der Waals surface area contributed by atoms with Crippen molar-refractivity contribution in [2.45, 2.75) is 19.9 Å². The van der Waals surface area contributed by atoms with Crippen LogP contribution in [0.2, 0.25) is 5.02 Å². The molecule has 4 nitrogen and oxygen atoms in total. The van der Waals surface area contributed by atoms with Gasteiger partial charge in [-0.25, -0.2) is 0 Å². The van der Waals surface area contributed by atoms with Crippen LogP contribution in [0.3, 0.4) is 0 Å². The van der Waals surface area contributed by atoms with Crippen molar-refractivity contribution in [2.24, 2.45) is 0 Å². The molecule has 1 aromatic carbocycles. The third-order valence-electron chi connectivity index (χ3n) is 2.42. The summed E-state index contributed by atoms with van der Waals surface area (Å²) < 4.78 is 6.04. The van der Waals surface area contributed by atoms with Crippen LogP contribution in [0.4, 0.5) is 0 Å². The van der Waals surface area contributed by atoms with Gasteiger partial charge in [0.1, 0.15) is 0 Å². The summed E-state index contributed by atoms with van der Waals surface area (Å²) in [5.74, 6) is 1.33. The fourth-order valence-electron chi connectivity index (χ4n) is 1.53. The van der Waals surface area contributed by atoms with Gasteiger partial charge >= 0.3 is 0 Å². The first-order valence-electron chi connectivity index (χ1n) is 5.59. The molecule has 0 saturated carbocycles. The van der Waals surface area contributed by atoms with Crippen molar-refractivity contribution in [3.8, 4) is 0 Å². The van der Waals surface area contributed by atoms with E-state index >= 15 is 0 Å². The van der Waals surface area contributed by atoms with Crippen LogP contribution in [0.25, 0.3) is 0 Å². The number of hydrogen-bond donors (Lipinski definition) is 1. The van der Waals surface area contributed by atoms with Crippen LogP contribution >= 0.6 is 27.5 Å². The van der Waals surface area contributed by atoms with Gasteiger partial charge in [0.05, 0.1) is 0 Å². The molecule has 0 unspecified atom stereocenters. The number of aryl methyl sites for hydroxylation is 1. The van der Waals surface area contributed by atoms with E-state index in [0.717, 1.165) is 29.0 Å². The lowest BCUT2D eigenvalue weighted by atomic mass is 10.2. The topological polar surface area (TPSA) is 51.0 Å².